The number of nitrogens with zero attached hydrogens (tertiary/aromatic N) is 4. The standard InChI is InChI=1S/C25H25F3N6O3S/c1-15-22-24(32-31-15)29-23(30-25(22)37-19-8-11-34(12-9-19)13-10-26)16-2-5-18(6-3-16)33-38(35,36)21-14-17(27)4-7-20(21)28/h2-7,14,19,33H,8-13H2,1H3,(H,29,30,31,32). The van der Waals surface area contributed by atoms with E-state index in [1.54, 1.807) is 12.1 Å². The van der Waals surface area contributed by atoms with Crippen molar-refractivity contribution in [3.63, 3.8) is 0 Å². The second-order valence-electron chi connectivity index (χ2n) is 8.99. The lowest BCUT2D eigenvalue weighted by Gasteiger charge is -2.31. The molecule has 0 bridgehead atoms. The molecule has 0 saturated carbocycles. The molecule has 1 aliphatic rings. The van der Waals surface area contributed by atoms with Crippen LogP contribution >= 0.6 is 0 Å². The van der Waals surface area contributed by atoms with Gasteiger partial charge in [0, 0.05) is 30.9 Å². The molecule has 9 nitrogen and oxygen atoms in total. The highest BCUT2D eigenvalue weighted by atomic mass is 32.2. The average molecular weight is 547 g/mol. The van der Waals surface area contributed by atoms with Crippen LogP contribution in [0, 0.1) is 18.6 Å². The van der Waals surface area contributed by atoms with Gasteiger partial charge in [0.25, 0.3) is 10.0 Å². The zero-order chi connectivity index (χ0) is 26.9. The summed E-state index contributed by atoms with van der Waals surface area (Å²) < 4.78 is 73.8. The van der Waals surface area contributed by atoms with Gasteiger partial charge in [-0.2, -0.15) is 10.1 Å². The molecule has 0 radical (unpaired) electrons. The normalized spacial score (nSPS) is 15.2. The number of hydrogen-bond acceptors (Lipinski definition) is 7. The summed E-state index contributed by atoms with van der Waals surface area (Å²) in [7, 11) is -4.35. The van der Waals surface area contributed by atoms with E-state index in [2.05, 4.69) is 29.8 Å². The molecule has 2 aromatic heterocycles. The third kappa shape index (κ3) is 5.43. The van der Waals surface area contributed by atoms with Crippen molar-refractivity contribution < 1.29 is 26.3 Å². The van der Waals surface area contributed by atoms with Crippen LogP contribution < -0.4 is 9.46 Å². The highest BCUT2D eigenvalue weighted by Crippen LogP contribution is 2.30. The Hall–Kier alpha value is -3.71. The number of aromatic amines is 1. The Morgan fingerprint density at radius 2 is 1.84 bits per heavy atom. The highest BCUT2D eigenvalue weighted by molar-refractivity contribution is 7.92. The summed E-state index contributed by atoms with van der Waals surface area (Å²) in [6, 6.07) is 8.36. The second-order valence-corrected chi connectivity index (χ2v) is 10.6. The number of alkyl halides is 1. The summed E-state index contributed by atoms with van der Waals surface area (Å²) >= 11 is 0. The van der Waals surface area contributed by atoms with E-state index in [4.69, 9.17) is 4.74 Å². The number of piperidine rings is 1. The number of anilines is 1. The van der Waals surface area contributed by atoms with Gasteiger partial charge in [0.15, 0.2) is 11.5 Å². The third-order valence-electron chi connectivity index (χ3n) is 6.36. The average Bonchev–Trinajstić information content (AvgIpc) is 3.28. The molecule has 5 rings (SSSR count). The fraction of sp³-hybridized carbons (Fsp3) is 0.320. The van der Waals surface area contributed by atoms with Gasteiger partial charge < -0.3 is 9.64 Å². The Morgan fingerprint density at radius 3 is 2.55 bits per heavy atom. The van der Waals surface area contributed by atoms with Crippen molar-refractivity contribution in [2.75, 3.05) is 31.0 Å². The van der Waals surface area contributed by atoms with Gasteiger partial charge in [-0.3, -0.25) is 9.82 Å². The fourth-order valence-electron chi connectivity index (χ4n) is 4.36. The van der Waals surface area contributed by atoms with E-state index in [1.807, 2.05) is 6.92 Å². The predicted octanol–water partition coefficient (Wildman–Crippen LogP) is 4.22. The molecule has 2 N–H and O–H groups in total. The lowest BCUT2D eigenvalue weighted by atomic mass is 10.1. The Kier molecular flexibility index (Phi) is 7.21. The van der Waals surface area contributed by atoms with Gasteiger partial charge in [-0.1, -0.05) is 0 Å². The van der Waals surface area contributed by atoms with Crippen molar-refractivity contribution in [2.45, 2.75) is 30.8 Å². The summed E-state index contributed by atoms with van der Waals surface area (Å²) in [5, 5.41) is 7.77. The lowest BCUT2D eigenvalue weighted by molar-refractivity contribution is 0.0946. The molecule has 1 saturated heterocycles. The first-order chi connectivity index (χ1) is 18.2. The number of fused-ring (bicyclic) bond motifs is 1. The van der Waals surface area contributed by atoms with Gasteiger partial charge in [0.2, 0.25) is 5.88 Å². The molecule has 200 valence electrons. The number of nitrogens with one attached hydrogen (secondary N) is 2. The molecule has 1 aliphatic heterocycles. The van der Waals surface area contributed by atoms with Crippen LogP contribution in [0.4, 0.5) is 18.9 Å². The number of aryl methyl sites for hydroxylation is 1. The van der Waals surface area contributed by atoms with Crippen molar-refractivity contribution in [2.24, 2.45) is 0 Å². The van der Waals surface area contributed by atoms with E-state index in [9.17, 15) is 21.6 Å². The Morgan fingerprint density at radius 1 is 1.11 bits per heavy atom. The van der Waals surface area contributed by atoms with E-state index in [1.165, 1.54) is 12.1 Å². The molecular weight excluding hydrogens is 521 g/mol. The number of rotatable bonds is 8. The van der Waals surface area contributed by atoms with E-state index in [0.29, 0.717) is 46.6 Å². The van der Waals surface area contributed by atoms with Crippen LogP contribution in [-0.2, 0) is 10.0 Å². The zero-order valence-corrected chi connectivity index (χ0v) is 21.2. The van der Waals surface area contributed by atoms with Gasteiger partial charge in [0.05, 0.1) is 5.69 Å². The molecule has 0 unspecified atom stereocenters. The van der Waals surface area contributed by atoms with Crippen molar-refractivity contribution in [3.8, 4) is 17.3 Å². The smallest absolute Gasteiger partial charge is 0.264 e. The number of ether oxygens (including phenoxy) is 1. The molecule has 0 amide bonds. The molecular formula is C25H25F3N6O3S. The molecule has 2 aromatic carbocycles. The minimum absolute atomic E-state index is 0.0916. The Balaban J connectivity index is 1.38. The number of hydrogen-bond donors (Lipinski definition) is 2. The number of halogens is 3. The topological polar surface area (TPSA) is 113 Å². The van der Waals surface area contributed by atoms with Crippen LogP contribution in [0.3, 0.4) is 0 Å². The summed E-state index contributed by atoms with van der Waals surface area (Å²) in [4.78, 5) is 10.4. The SMILES string of the molecule is Cc1n[nH]c2nc(-c3ccc(NS(=O)(=O)c4cc(F)ccc4F)cc3)nc(OC3CCN(CCF)CC3)c12. The van der Waals surface area contributed by atoms with Gasteiger partial charge in [-0.15, -0.1) is 0 Å². The number of aromatic nitrogens is 4. The lowest BCUT2D eigenvalue weighted by Crippen LogP contribution is -2.39. The van der Waals surface area contributed by atoms with Crippen molar-refractivity contribution >= 4 is 26.7 Å². The number of likely N-dealkylation sites (tertiary alicyclic amines) is 1. The van der Waals surface area contributed by atoms with E-state index < -0.39 is 26.6 Å². The second kappa shape index (κ2) is 10.6. The summed E-state index contributed by atoms with van der Waals surface area (Å²) in [5.41, 5.74) is 1.89. The maximum Gasteiger partial charge on any atom is 0.264 e. The first-order valence-electron chi connectivity index (χ1n) is 12.0. The van der Waals surface area contributed by atoms with Crippen LogP contribution in [0.5, 0.6) is 5.88 Å². The van der Waals surface area contributed by atoms with E-state index in [-0.39, 0.29) is 18.5 Å². The van der Waals surface area contributed by atoms with Gasteiger partial charge in [-0.25, -0.2) is 26.6 Å². The Bertz CT molecular complexity index is 1550. The molecule has 0 atom stereocenters. The molecule has 13 heteroatoms. The molecule has 1 fully saturated rings. The minimum Gasteiger partial charge on any atom is -0.474 e. The largest absolute Gasteiger partial charge is 0.474 e. The van der Waals surface area contributed by atoms with Gasteiger partial charge in [0.1, 0.15) is 34.7 Å². The summed E-state index contributed by atoms with van der Waals surface area (Å²) in [6.07, 6.45) is 1.38. The minimum atomic E-state index is -4.35. The van der Waals surface area contributed by atoms with Crippen LogP contribution in [0.15, 0.2) is 47.4 Å². The zero-order valence-electron chi connectivity index (χ0n) is 20.4. The van der Waals surface area contributed by atoms with Gasteiger partial charge in [-0.05, 0) is 62.2 Å². The number of benzene rings is 2. The van der Waals surface area contributed by atoms with Crippen LogP contribution in [0.1, 0.15) is 18.5 Å². The first-order valence-corrected chi connectivity index (χ1v) is 13.5. The highest BCUT2D eigenvalue weighted by Gasteiger charge is 2.24. The van der Waals surface area contributed by atoms with Crippen LogP contribution in [0.2, 0.25) is 0 Å². The molecule has 38 heavy (non-hydrogen) atoms. The van der Waals surface area contributed by atoms with Gasteiger partial charge >= 0.3 is 0 Å². The molecule has 0 aliphatic carbocycles. The van der Waals surface area contributed by atoms with Crippen LogP contribution in [0.25, 0.3) is 22.4 Å². The maximum atomic E-state index is 14.0. The third-order valence-corrected chi connectivity index (χ3v) is 7.76. The first kappa shape index (κ1) is 25.9. The molecule has 0 spiro atoms. The van der Waals surface area contributed by atoms with E-state index >= 15 is 0 Å². The molecule has 3 heterocycles. The fourth-order valence-corrected chi connectivity index (χ4v) is 5.51. The number of H-pyrrole nitrogens is 1. The van der Waals surface area contributed by atoms with Crippen molar-refractivity contribution in [3.05, 3.63) is 59.8 Å². The molecule has 4 aromatic rings. The summed E-state index contributed by atoms with van der Waals surface area (Å²) in [6.45, 7) is 3.32. The van der Waals surface area contributed by atoms with E-state index in [0.717, 1.165) is 38.1 Å². The van der Waals surface area contributed by atoms with Crippen molar-refractivity contribution in [1.29, 1.82) is 0 Å². The number of sulfonamides is 1. The quantitative estimate of drug-likeness (QED) is 0.340. The van der Waals surface area contributed by atoms with Crippen LogP contribution in [-0.4, -0.2) is 65.9 Å². The summed E-state index contributed by atoms with van der Waals surface area (Å²) in [5.74, 6) is -1.22. The maximum absolute atomic E-state index is 14.0. The Labute approximate surface area is 217 Å². The predicted molar refractivity (Wildman–Crippen MR) is 135 cm³/mol. The monoisotopic (exact) mass is 546 g/mol. The van der Waals surface area contributed by atoms with Crippen molar-refractivity contribution in [1.82, 2.24) is 25.1 Å².